The molecule has 1 unspecified atom stereocenters. The number of piperidine rings is 3. The summed E-state index contributed by atoms with van der Waals surface area (Å²) in [4.78, 5) is 65.0. The van der Waals surface area contributed by atoms with Crippen molar-refractivity contribution in [3.8, 4) is 11.1 Å². The number of alkyl halides is 1. The fourth-order valence-corrected chi connectivity index (χ4v) is 11.6. The minimum absolute atomic E-state index is 0.00467. The number of aromatic nitrogens is 2. The van der Waals surface area contributed by atoms with Crippen molar-refractivity contribution in [2.75, 3.05) is 55.4 Å². The molecule has 3 N–H and O–H groups in total. The maximum absolute atomic E-state index is 15.8. The molecule has 10 rings (SSSR count). The number of likely N-dealkylation sites (tertiary alicyclic amines) is 1. The maximum Gasteiger partial charge on any atom is 0.301 e. The molecule has 3 aromatic carbocycles. The van der Waals surface area contributed by atoms with Crippen molar-refractivity contribution in [2.24, 2.45) is 5.92 Å². The van der Waals surface area contributed by atoms with Gasteiger partial charge in [0.1, 0.15) is 23.7 Å². The number of carbonyl (C=O) groups is 4. The third kappa shape index (κ3) is 8.45. The smallest absolute Gasteiger partial charge is 0.301 e. The lowest BCUT2D eigenvalue weighted by Crippen LogP contribution is -2.52. The highest BCUT2D eigenvalue weighted by Crippen LogP contribution is 2.36. The molecule has 66 heavy (non-hydrogen) atoms. The van der Waals surface area contributed by atoms with Crippen molar-refractivity contribution in [2.45, 2.75) is 69.6 Å². The molecule has 0 saturated carbocycles. The second-order valence-electron chi connectivity index (χ2n) is 18.2. The fourth-order valence-electron chi connectivity index (χ4n) is 10.3. The summed E-state index contributed by atoms with van der Waals surface area (Å²) in [7, 11) is -4.35. The average molecular weight is 923 g/mol. The Kier molecular flexibility index (Phi) is 11.7. The van der Waals surface area contributed by atoms with Gasteiger partial charge in [-0.15, -0.1) is 0 Å². The molecule has 5 aromatic rings. The van der Waals surface area contributed by atoms with Gasteiger partial charge in [0, 0.05) is 85.8 Å². The molecule has 2 atom stereocenters. The lowest BCUT2D eigenvalue weighted by molar-refractivity contribution is -0.136. The van der Waals surface area contributed by atoms with Crippen LogP contribution in [0.5, 0.6) is 0 Å². The van der Waals surface area contributed by atoms with Gasteiger partial charge in [-0.1, -0.05) is 24.3 Å². The van der Waals surface area contributed by atoms with Gasteiger partial charge in [-0.25, -0.2) is 18.2 Å². The number of nitrogens with one attached hydrogen (secondary N) is 3. The summed E-state index contributed by atoms with van der Waals surface area (Å²) in [5.74, 6) is -3.38. The second kappa shape index (κ2) is 17.6. The zero-order valence-corrected chi connectivity index (χ0v) is 36.9. The van der Waals surface area contributed by atoms with E-state index < -0.39 is 57.0 Å². The fraction of sp³-hybridized carbons (Fsp3) is 0.396. The van der Waals surface area contributed by atoms with Crippen LogP contribution in [0, 0.1) is 17.6 Å². The van der Waals surface area contributed by atoms with Crippen LogP contribution in [-0.4, -0.2) is 114 Å². The Morgan fingerprint density at radius 2 is 1.64 bits per heavy atom. The quantitative estimate of drug-likeness (QED) is 0.102. The molecular weight excluding hydrogens is 874 g/mol. The Hall–Kier alpha value is -6.11. The number of H-pyrrole nitrogens is 1. The zero-order valence-electron chi connectivity index (χ0n) is 36.1. The highest BCUT2D eigenvalue weighted by Gasteiger charge is 2.40. The SMILES string of the molecule is O=C1CCC(N2Cc3cc(C4CCN(CC5CCN(c6ccc(-c7cnc8[nH]cc(C(=O)c9c(F)ccc(NS(=O)(=O)N%10CC[C@@H](F)C%10)c9F)c8c7)cc6)CC5)CC4)ccc3C2=O)C(=O)N1. The van der Waals surface area contributed by atoms with Crippen LogP contribution in [0.1, 0.15) is 88.3 Å². The van der Waals surface area contributed by atoms with Crippen LogP contribution >= 0.6 is 0 Å². The first-order chi connectivity index (χ1) is 31.8. The molecule has 5 aliphatic rings. The summed E-state index contributed by atoms with van der Waals surface area (Å²) < 4.78 is 73.1. The maximum atomic E-state index is 15.8. The number of carbonyl (C=O) groups excluding carboxylic acids is 4. The van der Waals surface area contributed by atoms with Gasteiger partial charge in [-0.05, 0) is 117 Å². The molecule has 0 aliphatic carbocycles. The lowest BCUT2D eigenvalue weighted by atomic mass is 9.87. The topological polar surface area (TPSA) is 168 Å². The van der Waals surface area contributed by atoms with Gasteiger partial charge >= 0.3 is 10.2 Å². The summed E-state index contributed by atoms with van der Waals surface area (Å²) in [6, 6.07) is 17.0. The van der Waals surface area contributed by atoms with Crippen LogP contribution in [0.25, 0.3) is 22.2 Å². The number of ketones is 1. The summed E-state index contributed by atoms with van der Waals surface area (Å²) in [5, 5.41) is 2.71. The number of rotatable bonds is 11. The average Bonchev–Trinajstić information content (AvgIpc) is 4.04. The summed E-state index contributed by atoms with van der Waals surface area (Å²) in [6.45, 7) is 4.85. The van der Waals surface area contributed by atoms with E-state index >= 15 is 8.78 Å². The molecule has 0 bridgehead atoms. The Balaban J connectivity index is 0.730. The molecule has 344 valence electrons. The highest BCUT2D eigenvalue weighted by atomic mass is 32.2. The van der Waals surface area contributed by atoms with E-state index in [0.29, 0.717) is 47.0 Å². The first kappa shape index (κ1) is 43.8. The Labute approximate surface area is 379 Å². The predicted molar refractivity (Wildman–Crippen MR) is 241 cm³/mol. The number of pyridine rings is 1. The van der Waals surface area contributed by atoms with Crippen LogP contribution in [-0.2, 0) is 26.3 Å². The first-order valence-corrected chi connectivity index (χ1v) is 24.0. The number of hydrogen-bond donors (Lipinski definition) is 3. The molecule has 14 nitrogen and oxygen atoms in total. The number of aromatic amines is 1. The van der Waals surface area contributed by atoms with Crippen molar-refractivity contribution >= 4 is 56.1 Å². The molecule has 2 aromatic heterocycles. The molecule has 0 spiro atoms. The number of imide groups is 1. The lowest BCUT2D eigenvalue weighted by Gasteiger charge is -2.38. The van der Waals surface area contributed by atoms with Gasteiger partial charge in [0.2, 0.25) is 17.6 Å². The van der Waals surface area contributed by atoms with Crippen molar-refractivity contribution in [1.29, 1.82) is 0 Å². The second-order valence-corrected chi connectivity index (χ2v) is 19.8. The largest absolute Gasteiger partial charge is 0.372 e. The van der Waals surface area contributed by atoms with E-state index in [2.05, 4.69) is 49.4 Å². The number of benzene rings is 3. The van der Waals surface area contributed by atoms with Gasteiger partial charge < -0.3 is 19.7 Å². The number of halogens is 3. The van der Waals surface area contributed by atoms with Crippen LogP contribution in [0.4, 0.5) is 24.5 Å². The monoisotopic (exact) mass is 922 g/mol. The van der Waals surface area contributed by atoms with E-state index in [0.717, 1.165) is 91.7 Å². The third-order valence-electron chi connectivity index (χ3n) is 14.1. The van der Waals surface area contributed by atoms with E-state index in [-0.39, 0.29) is 43.3 Å². The molecule has 7 heterocycles. The molecular formula is C48H49F3N8O6S. The van der Waals surface area contributed by atoms with Crippen molar-refractivity contribution < 1.29 is 40.8 Å². The highest BCUT2D eigenvalue weighted by molar-refractivity contribution is 7.90. The van der Waals surface area contributed by atoms with E-state index in [1.165, 1.54) is 11.8 Å². The number of anilines is 2. The van der Waals surface area contributed by atoms with Gasteiger partial charge in [-0.2, -0.15) is 12.7 Å². The minimum atomic E-state index is -4.35. The van der Waals surface area contributed by atoms with Crippen LogP contribution in [0.2, 0.25) is 0 Å². The Morgan fingerprint density at radius 3 is 2.36 bits per heavy atom. The van der Waals surface area contributed by atoms with Gasteiger partial charge in [-0.3, -0.25) is 29.2 Å². The van der Waals surface area contributed by atoms with E-state index in [1.54, 1.807) is 17.2 Å². The van der Waals surface area contributed by atoms with Gasteiger partial charge in [0.05, 0.1) is 11.3 Å². The summed E-state index contributed by atoms with van der Waals surface area (Å²) >= 11 is 0. The molecule has 4 fully saturated rings. The number of hydrogen-bond acceptors (Lipinski definition) is 9. The van der Waals surface area contributed by atoms with Crippen LogP contribution in [0.15, 0.2) is 73.1 Å². The number of nitrogens with zero attached hydrogens (tertiary/aromatic N) is 5. The standard InChI is InChI=1S/C48H49F3N8O6S/c49-34-15-20-58(27-34)66(64,65)55-40-8-7-39(50)43(44(40)51)45(61)38-24-53-46-37(38)22-32(23-52-46)29-1-4-35(5-2-29)57-18-11-28(12-19-57)25-56-16-13-30(14-17-56)31-3-6-36-33(21-31)26-59(48(36)63)41-9-10-42(60)54-47(41)62/h1-8,21-24,28,30,34,41,55H,9-20,25-27H2,(H,52,53)(H,54,60,62)/t34-,41?/m1/s1. The first-order valence-electron chi connectivity index (χ1n) is 22.6. The molecule has 3 amide bonds. The van der Waals surface area contributed by atoms with Crippen molar-refractivity contribution in [3.63, 3.8) is 0 Å². The number of amides is 3. The van der Waals surface area contributed by atoms with E-state index in [9.17, 15) is 32.0 Å². The molecule has 0 radical (unpaired) electrons. The van der Waals surface area contributed by atoms with Crippen molar-refractivity contribution in [1.82, 2.24) is 29.4 Å². The van der Waals surface area contributed by atoms with Gasteiger partial charge in [0.15, 0.2) is 5.82 Å². The predicted octanol–water partition coefficient (Wildman–Crippen LogP) is 6.30. The van der Waals surface area contributed by atoms with Crippen molar-refractivity contribution in [3.05, 3.63) is 113 Å². The number of fused-ring (bicyclic) bond motifs is 2. The normalized spacial score (nSPS) is 21.5. The van der Waals surface area contributed by atoms with Crippen LogP contribution in [0.3, 0.4) is 0 Å². The Morgan fingerprint density at radius 1 is 0.864 bits per heavy atom. The molecule has 18 heteroatoms. The van der Waals surface area contributed by atoms with Gasteiger partial charge in [0.25, 0.3) is 5.91 Å². The molecule has 5 aliphatic heterocycles. The van der Waals surface area contributed by atoms with Crippen LogP contribution < -0.4 is 14.9 Å². The Bertz CT molecular complexity index is 2860. The zero-order chi connectivity index (χ0) is 45.9. The van der Waals surface area contributed by atoms with E-state index in [4.69, 9.17) is 0 Å². The summed E-state index contributed by atoms with van der Waals surface area (Å²) in [6.07, 6.45) is 6.44. The van der Waals surface area contributed by atoms with E-state index in [1.807, 2.05) is 22.9 Å². The third-order valence-corrected chi connectivity index (χ3v) is 15.6. The summed E-state index contributed by atoms with van der Waals surface area (Å²) in [5.41, 5.74) is 4.18. The molecule has 4 saturated heterocycles. The minimum Gasteiger partial charge on any atom is -0.372 e.